The van der Waals surface area contributed by atoms with Gasteiger partial charge in [-0.15, -0.1) is 0 Å². The van der Waals surface area contributed by atoms with E-state index in [0.29, 0.717) is 54.3 Å². The summed E-state index contributed by atoms with van der Waals surface area (Å²) < 4.78 is 12.5. The number of fused-ring (bicyclic) bond motifs is 1. The van der Waals surface area contributed by atoms with Gasteiger partial charge in [-0.1, -0.05) is 29.0 Å². The van der Waals surface area contributed by atoms with Crippen LogP contribution in [0, 0.1) is 17.8 Å². The zero-order valence-electron chi connectivity index (χ0n) is 21.5. The molecule has 0 bridgehead atoms. The van der Waals surface area contributed by atoms with Crippen molar-refractivity contribution in [3.05, 3.63) is 0 Å². The summed E-state index contributed by atoms with van der Waals surface area (Å²) in [6, 6.07) is 0.615. The molecule has 8 atom stereocenters. The largest absolute Gasteiger partial charge is 0.390 e. The molecule has 10 heteroatoms. The summed E-state index contributed by atoms with van der Waals surface area (Å²) >= 11 is 2.62. The second-order valence-corrected chi connectivity index (χ2v) is 13.1. The topological polar surface area (TPSA) is 107 Å². The van der Waals surface area contributed by atoms with Crippen LogP contribution in [0.25, 0.3) is 0 Å². The van der Waals surface area contributed by atoms with E-state index in [-0.39, 0.29) is 24.1 Å². The molecule has 0 aromatic heterocycles. The standard InChI is InChI=1S/C26H46IN5O4/c27-25-22-7-9-32(13-18(22)4-5-23(25)35-15-21-12-28-16-36-21)14-20(33)11-30-26(34)17-6-8-29-24(10-17)31-19-2-1-3-19/h17-25,28-29,31,33H,1-16H2,(H,30,34)/t17?,18?,20-,21?,22?,23?,24?,25?/m0/s1. The van der Waals surface area contributed by atoms with Gasteiger partial charge in [0, 0.05) is 42.1 Å². The maximum atomic E-state index is 12.8. The second kappa shape index (κ2) is 13.3. The van der Waals surface area contributed by atoms with Gasteiger partial charge in [0.15, 0.2) is 0 Å². The molecule has 0 aromatic rings. The van der Waals surface area contributed by atoms with E-state index in [2.05, 4.69) is 48.8 Å². The Morgan fingerprint density at radius 3 is 2.89 bits per heavy atom. The van der Waals surface area contributed by atoms with Crippen LogP contribution in [0.2, 0.25) is 0 Å². The van der Waals surface area contributed by atoms with Crippen LogP contribution < -0.4 is 21.3 Å². The quantitative estimate of drug-likeness (QED) is 0.181. The molecule has 0 spiro atoms. The molecule has 5 fully saturated rings. The molecule has 9 nitrogen and oxygen atoms in total. The van der Waals surface area contributed by atoms with Crippen molar-refractivity contribution in [3.8, 4) is 0 Å². The number of halogens is 1. The number of nitrogens with zero attached hydrogens (tertiary/aromatic N) is 1. The minimum Gasteiger partial charge on any atom is -0.390 e. The van der Waals surface area contributed by atoms with Crippen LogP contribution in [0.4, 0.5) is 0 Å². The number of carbonyl (C=O) groups excluding carboxylic acids is 1. The van der Waals surface area contributed by atoms with Crippen molar-refractivity contribution in [2.45, 2.75) is 85.8 Å². The van der Waals surface area contributed by atoms with Crippen molar-refractivity contribution in [1.82, 2.24) is 26.2 Å². The van der Waals surface area contributed by atoms with Gasteiger partial charge in [0.1, 0.15) is 0 Å². The molecule has 5 aliphatic rings. The Kier molecular flexibility index (Phi) is 10.2. The van der Waals surface area contributed by atoms with E-state index in [1.54, 1.807) is 0 Å². The van der Waals surface area contributed by atoms with Gasteiger partial charge in [-0.3, -0.25) is 15.4 Å². The molecule has 0 radical (unpaired) electrons. The summed E-state index contributed by atoms with van der Waals surface area (Å²) in [7, 11) is 0. The van der Waals surface area contributed by atoms with Gasteiger partial charge in [-0.05, 0) is 69.9 Å². The van der Waals surface area contributed by atoms with Crippen LogP contribution >= 0.6 is 22.6 Å². The molecule has 7 unspecified atom stereocenters. The zero-order chi connectivity index (χ0) is 24.9. The third-order valence-electron chi connectivity index (χ3n) is 9.05. The van der Waals surface area contributed by atoms with E-state index in [9.17, 15) is 9.90 Å². The number of aliphatic hydroxyl groups excluding tert-OH is 1. The molecule has 3 heterocycles. The van der Waals surface area contributed by atoms with Gasteiger partial charge in [0.2, 0.25) is 5.91 Å². The third-order valence-corrected chi connectivity index (χ3v) is 10.8. The van der Waals surface area contributed by atoms with Gasteiger partial charge in [-0.25, -0.2) is 0 Å². The Bertz CT molecular complexity index is 710. The SMILES string of the molecule is O=C(NC[C@H](O)CN1CCC2C(CCC(OCC3CNCO3)C2I)C1)C1CCNC(NC2CCC2)C1. The fraction of sp³-hybridized carbons (Fsp3) is 0.962. The third kappa shape index (κ3) is 7.31. The Labute approximate surface area is 229 Å². The molecule has 5 rings (SSSR count). The number of piperidine rings is 2. The minimum atomic E-state index is -0.522. The summed E-state index contributed by atoms with van der Waals surface area (Å²) in [6.45, 7) is 6.12. The number of alkyl halides is 1. The van der Waals surface area contributed by atoms with Crippen LogP contribution in [0.3, 0.4) is 0 Å². The maximum Gasteiger partial charge on any atom is 0.223 e. The van der Waals surface area contributed by atoms with E-state index in [0.717, 1.165) is 51.9 Å². The molecule has 5 N–H and O–H groups in total. The summed E-state index contributed by atoms with van der Waals surface area (Å²) in [6.07, 6.45) is 9.19. The lowest BCUT2D eigenvalue weighted by Crippen LogP contribution is -2.55. The molecule has 3 saturated heterocycles. The Balaban J connectivity index is 0.990. The Morgan fingerprint density at radius 1 is 1.22 bits per heavy atom. The van der Waals surface area contributed by atoms with E-state index in [1.807, 2.05) is 0 Å². The van der Waals surface area contributed by atoms with Crippen molar-refractivity contribution in [2.24, 2.45) is 17.8 Å². The van der Waals surface area contributed by atoms with Gasteiger partial charge in [-0.2, -0.15) is 0 Å². The highest BCUT2D eigenvalue weighted by molar-refractivity contribution is 14.1. The molecule has 36 heavy (non-hydrogen) atoms. The van der Waals surface area contributed by atoms with Crippen molar-refractivity contribution in [1.29, 1.82) is 0 Å². The first-order valence-electron chi connectivity index (χ1n) is 14.3. The number of hydrogen-bond acceptors (Lipinski definition) is 8. The number of carbonyl (C=O) groups is 1. The van der Waals surface area contributed by atoms with Crippen LogP contribution in [-0.2, 0) is 14.3 Å². The summed E-state index contributed by atoms with van der Waals surface area (Å²) in [5.74, 6) is 1.48. The monoisotopic (exact) mass is 619 g/mol. The highest BCUT2D eigenvalue weighted by Crippen LogP contribution is 2.41. The van der Waals surface area contributed by atoms with Gasteiger partial charge < -0.3 is 30.1 Å². The molecular formula is C26H46IN5O4. The van der Waals surface area contributed by atoms with Crippen LogP contribution in [0.1, 0.15) is 51.4 Å². The molecule has 1 amide bonds. The first kappa shape index (κ1) is 27.5. The van der Waals surface area contributed by atoms with E-state index < -0.39 is 6.10 Å². The number of hydrogen-bond donors (Lipinski definition) is 5. The fourth-order valence-electron chi connectivity index (χ4n) is 6.67. The average molecular weight is 620 g/mol. The van der Waals surface area contributed by atoms with Crippen LogP contribution in [0.15, 0.2) is 0 Å². The van der Waals surface area contributed by atoms with Crippen LogP contribution in [0.5, 0.6) is 0 Å². The van der Waals surface area contributed by atoms with Crippen molar-refractivity contribution in [2.75, 3.05) is 52.6 Å². The van der Waals surface area contributed by atoms with Crippen LogP contribution in [-0.4, -0.2) is 103 Å². The lowest BCUT2D eigenvalue weighted by Gasteiger charge is -2.46. The molecule has 0 aromatic carbocycles. The number of amides is 1. The smallest absolute Gasteiger partial charge is 0.223 e. The zero-order valence-corrected chi connectivity index (χ0v) is 23.7. The molecule has 2 aliphatic carbocycles. The number of aliphatic hydroxyl groups is 1. The van der Waals surface area contributed by atoms with E-state index in [1.165, 1.54) is 25.7 Å². The Morgan fingerprint density at radius 2 is 2.11 bits per heavy atom. The number of β-amino-alcohol motifs (C(OH)–C–C–N with tert-alkyl or cyclic N) is 1. The second-order valence-electron chi connectivity index (χ2n) is 11.7. The maximum absolute atomic E-state index is 12.8. The van der Waals surface area contributed by atoms with Gasteiger partial charge in [0.25, 0.3) is 0 Å². The molecule has 206 valence electrons. The Hall–Kier alpha value is -0.0800. The van der Waals surface area contributed by atoms with Gasteiger partial charge in [0.05, 0.1) is 37.8 Å². The normalized spacial score (nSPS) is 38.8. The molecular weight excluding hydrogens is 573 g/mol. The van der Waals surface area contributed by atoms with E-state index >= 15 is 0 Å². The number of ether oxygens (including phenoxy) is 2. The highest BCUT2D eigenvalue weighted by Gasteiger charge is 2.42. The minimum absolute atomic E-state index is 0.0289. The first-order chi connectivity index (χ1) is 17.5. The predicted octanol–water partition coefficient (Wildman–Crippen LogP) is 0.798. The lowest BCUT2D eigenvalue weighted by atomic mass is 9.74. The number of likely N-dealkylation sites (tertiary alicyclic amines) is 1. The predicted molar refractivity (Wildman–Crippen MR) is 147 cm³/mol. The summed E-state index contributed by atoms with van der Waals surface area (Å²) in [5, 5.41) is 24.1. The first-order valence-corrected chi connectivity index (χ1v) is 15.5. The fourth-order valence-corrected chi connectivity index (χ4v) is 8.18. The van der Waals surface area contributed by atoms with E-state index in [4.69, 9.17) is 9.47 Å². The van der Waals surface area contributed by atoms with Crippen molar-refractivity contribution in [3.63, 3.8) is 0 Å². The van der Waals surface area contributed by atoms with Crippen molar-refractivity contribution >= 4 is 28.5 Å². The molecule has 2 saturated carbocycles. The summed E-state index contributed by atoms with van der Waals surface area (Å²) in [5.41, 5.74) is 0. The number of nitrogens with one attached hydrogen (secondary N) is 4. The van der Waals surface area contributed by atoms with Crippen molar-refractivity contribution < 1.29 is 19.4 Å². The average Bonchev–Trinajstić information content (AvgIpc) is 3.38. The molecule has 3 aliphatic heterocycles. The highest BCUT2D eigenvalue weighted by atomic mass is 127. The summed E-state index contributed by atoms with van der Waals surface area (Å²) in [4.78, 5) is 15.2. The van der Waals surface area contributed by atoms with Gasteiger partial charge >= 0.3 is 0 Å². The lowest BCUT2D eigenvalue weighted by molar-refractivity contribution is -0.126. The number of rotatable bonds is 10.